The molecule has 2 aliphatic rings. The number of fused-ring (bicyclic) bond motifs is 1. The van der Waals surface area contributed by atoms with Crippen LogP contribution in [0.1, 0.15) is 82.1 Å². The van der Waals surface area contributed by atoms with Crippen molar-refractivity contribution in [2.75, 3.05) is 30.5 Å². The normalized spacial score (nSPS) is 21.2. The van der Waals surface area contributed by atoms with Crippen LogP contribution in [0, 0.1) is 5.92 Å². The van der Waals surface area contributed by atoms with Crippen molar-refractivity contribution in [3.8, 4) is 0 Å². The number of nitrogens with one attached hydrogen (secondary N) is 1. The molecule has 12 heteroatoms. The molecule has 1 aliphatic heterocycles. The highest BCUT2D eigenvalue weighted by Gasteiger charge is 2.28. The number of rotatable bonds is 7. The van der Waals surface area contributed by atoms with Crippen LogP contribution in [-0.2, 0) is 9.47 Å². The van der Waals surface area contributed by atoms with Gasteiger partial charge in [0.25, 0.3) is 5.56 Å². The molecule has 5 rings (SSSR count). The molecule has 1 unspecified atom stereocenters. The van der Waals surface area contributed by atoms with E-state index < -0.39 is 17.8 Å². The Morgan fingerprint density at radius 2 is 2.05 bits per heavy atom. The molecule has 3 aromatic rings. The lowest BCUT2D eigenvalue weighted by Gasteiger charge is -2.25. The fourth-order valence-electron chi connectivity index (χ4n) is 5.66. The SMILES string of the molecule is CN(C(=O)OC(C)(C)C)c1cc(Nc2cccn([C@@H]3CCCOC3)c2=O)nc2c(C(=O)CC3CCC[C@@H](O)C3)cnn12. The van der Waals surface area contributed by atoms with Crippen molar-refractivity contribution in [1.82, 2.24) is 19.2 Å². The van der Waals surface area contributed by atoms with Gasteiger partial charge in [-0.1, -0.05) is 6.42 Å². The van der Waals surface area contributed by atoms with Crippen LogP contribution >= 0.6 is 0 Å². The lowest BCUT2D eigenvalue weighted by atomic mass is 9.83. The number of ketones is 1. The van der Waals surface area contributed by atoms with Gasteiger partial charge in [0.05, 0.1) is 30.5 Å². The van der Waals surface area contributed by atoms with E-state index in [0.29, 0.717) is 36.7 Å². The van der Waals surface area contributed by atoms with Crippen LogP contribution in [0.4, 0.5) is 22.1 Å². The quantitative estimate of drug-likeness (QED) is 0.387. The number of carbonyl (C=O) groups excluding carboxylic acids is 2. The van der Waals surface area contributed by atoms with Gasteiger partial charge in [-0.15, -0.1) is 0 Å². The van der Waals surface area contributed by atoms with Crippen molar-refractivity contribution in [1.29, 1.82) is 0 Å². The second kappa shape index (κ2) is 12.2. The number of hydrogen-bond acceptors (Lipinski definition) is 9. The number of ether oxygens (including phenoxy) is 2. The summed E-state index contributed by atoms with van der Waals surface area (Å²) in [4.78, 5) is 45.9. The first-order valence-corrected chi connectivity index (χ1v) is 14.6. The number of anilines is 3. The summed E-state index contributed by atoms with van der Waals surface area (Å²) in [6.07, 6.45) is 7.30. The summed E-state index contributed by atoms with van der Waals surface area (Å²) in [7, 11) is 1.55. The molecular formula is C30H40N6O6. The third-order valence-corrected chi connectivity index (χ3v) is 7.76. The van der Waals surface area contributed by atoms with Gasteiger partial charge in [-0.2, -0.15) is 9.61 Å². The molecule has 1 amide bonds. The average molecular weight is 581 g/mol. The highest BCUT2D eigenvalue weighted by Crippen LogP contribution is 2.30. The first-order chi connectivity index (χ1) is 20.0. The monoisotopic (exact) mass is 580 g/mol. The van der Waals surface area contributed by atoms with Crippen LogP contribution in [0.15, 0.2) is 35.4 Å². The third kappa shape index (κ3) is 6.65. The van der Waals surface area contributed by atoms with Crippen molar-refractivity contribution >= 4 is 34.8 Å². The maximum atomic E-state index is 13.5. The molecule has 2 fully saturated rings. The molecule has 4 heterocycles. The zero-order chi connectivity index (χ0) is 30.0. The molecule has 0 bridgehead atoms. The molecule has 12 nitrogen and oxygen atoms in total. The lowest BCUT2D eigenvalue weighted by Crippen LogP contribution is -2.35. The van der Waals surface area contributed by atoms with Crippen LogP contribution in [0.2, 0.25) is 0 Å². The second-order valence-electron chi connectivity index (χ2n) is 12.3. The van der Waals surface area contributed by atoms with Crippen LogP contribution in [-0.4, -0.2) is 68.1 Å². The number of aromatic nitrogens is 4. The lowest BCUT2D eigenvalue weighted by molar-refractivity contribution is 0.0580. The van der Waals surface area contributed by atoms with Crippen molar-refractivity contribution < 1.29 is 24.2 Å². The molecule has 1 aliphatic carbocycles. The fourth-order valence-corrected chi connectivity index (χ4v) is 5.66. The van der Waals surface area contributed by atoms with Crippen molar-refractivity contribution in [2.24, 2.45) is 5.92 Å². The summed E-state index contributed by atoms with van der Waals surface area (Å²) in [6.45, 7) is 6.49. The number of carbonyl (C=O) groups is 2. The molecule has 3 atom stereocenters. The number of aliphatic hydroxyl groups is 1. The van der Waals surface area contributed by atoms with Gasteiger partial charge in [-0.25, -0.2) is 9.78 Å². The Bertz CT molecular complexity index is 1500. The Morgan fingerprint density at radius 1 is 1.24 bits per heavy atom. The van der Waals surface area contributed by atoms with Gasteiger partial charge in [-0.05, 0) is 70.9 Å². The van der Waals surface area contributed by atoms with Crippen molar-refractivity contribution in [2.45, 2.75) is 83.5 Å². The van der Waals surface area contributed by atoms with Crippen LogP contribution in [0.5, 0.6) is 0 Å². The summed E-state index contributed by atoms with van der Waals surface area (Å²) in [5.74, 6) is 0.512. The Labute approximate surface area is 244 Å². The number of amides is 1. The molecular weight excluding hydrogens is 540 g/mol. The van der Waals surface area contributed by atoms with Gasteiger partial charge >= 0.3 is 6.09 Å². The summed E-state index contributed by atoms with van der Waals surface area (Å²) in [5, 5.41) is 17.6. The standard InChI is InChI=1S/C30H40N6O6/c1-30(2,3)42-29(40)34(4)26-16-25(32-23-11-6-12-35(28(23)39)20-9-7-13-41-18-20)33-27-22(17-31-36(26)27)24(38)15-19-8-5-10-21(37)14-19/h6,11-12,16-17,19-21,37H,5,7-10,13-15,18H2,1-4H3,(H,32,33)/t19?,20-,21-/m1/s1. The largest absolute Gasteiger partial charge is 0.443 e. The number of Topliss-reactive ketones (excluding diaryl/α,β-unsaturated/α-hetero) is 1. The zero-order valence-electron chi connectivity index (χ0n) is 24.7. The molecule has 42 heavy (non-hydrogen) atoms. The fraction of sp³-hybridized carbons (Fsp3) is 0.567. The molecule has 0 radical (unpaired) electrons. The minimum Gasteiger partial charge on any atom is -0.443 e. The molecule has 3 aromatic heterocycles. The van der Waals surface area contributed by atoms with Gasteiger partial charge in [0.1, 0.15) is 22.9 Å². The molecule has 2 N–H and O–H groups in total. The smallest absolute Gasteiger partial charge is 0.415 e. The summed E-state index contributed by atoms with van der Waals surface area (Å²) in [5.41, 5.74) is -0.0929. The first kappa shape index (κ1) is 29.7. The molecule has 0 spiro atoms. The van der Waals surface area contributed by atoms with E-state index in [1.165, 1.54) is 15.6 Å². The Balaban J connectivity index is 1.52. The topological polar surface area (TPSA) is 140 Å². The van der Waals surface area contributed by atoms with Crippen molar-refractivity contribution in [3.63, 3.8) is 0 Å². The average Bonchev–Trinajstić information content (AvgIpc) is 3.37. The van der Waals surface area contributed by atoms with E-state index >= 15 is 0 Å². The Morgan fingerprint density at radius 3 is 2.76 bits per heavy atom. The number of aliphatic hydroxyl groups excluding tert-OH is 1. The number of nitrogens with zero attached hydrogens (tertiary/aromatic N) is 5. The minimum absolute atomic E-state index is 0.0605. The van der Waals surface area contributed by atoms with Gasteiger partial charge < -0.3 is 24.5 Å². The van der Waals surface area contributed by atoms with E-state index in [1.807, 2.05) is 0 Å². The van der Waals surface area contributed by atoms with E-state index in [9.17, 15) is 19.5 Å². The highest BCUT2D eigenvalue weighted by atomic mass is 16.6. The minimum atomic E-state index is -0.730. The van der Waals surface area contributed by atoms with Gasteiger partial charge in [0.15, 0.2) is 11.4 Å². The summed E-state index contributed by atoms with van der Waals surface area (Å²) < 4.78 is 14.3. The predicted molar refractivity (Wildman–Crippen MR) is 158 cm³/mol. The van der Waals surface area contributed by atoms with E-state index in [-0.39, 0.29) is 41.2 Å². The van der Waals surface area contributed by atoms with Crippen molar-refractivity contribution in [3.05, 3.63) is 46.5 Å². The van der Waals surface area contributed by atoms with E-state index in [4.69, 9.17) is 9.47 Å². The van der Waals surface area contributed by atoms with Gasteiger partial charge in [-0.3, -0.25) is 14.5 Å². The zero-order valence-corrected chi connectivity index (χ0v) is 24.7. The van der Waals surface area contributed by atoms with Crippen LogP contribution in [0.3, 0.4) is 0 Å². The highest BCUT2D eigenvalue weighted by molar-refractivity contribution is 6.02. The molecule has 1 saturated carbocycles. The maximum Gasteiger partial charge on any atom is 0.415 e. The second-order valence-corrected chi connectivity index (χ2v) is 12.3. The Kier molecular flexibility index (Phi) is 8.65. The molecule has 0 aromatic carbocycles. The Hall–Kier alpha value is -3.77. The first-order valence-electron chi connectivity index (χ1n) is 14.6. The van der Waals surface area contributed by atoms with Gasteiger partial charge in [0, 0.05) is 32.3 Å². The molecule has 226 valence electrons. The maximum absolute atomic E-state index is 13.5. The van der Waals surface area contributed by atoms with E-state index in [0.717, 1.165) is 32.1 Å². The third-order valence-electron chi connectivity index (χ3n) is 7.76. The van der Waals surface area contributed by atoms with Gasteiger partial charge in [0.2, 0.25) is 0 Å². The van der Waals surface area contributed by atoms with Crippen LogP contribution in [0.25, 0.3) is 5.65 Å². The summed E-state index contributed by atoms with van der Waals surface area (Å²) in [6, 6.07) is 4.99. The van der Waals surface area contributed by atoms with E-state index in [2.05, 4.69) is 15.4 Å². The number of pyridine rings is 1. The van der Waals surface area contributed by atoms with Crippen LogP contribution < -0.4 is 15.8 Å². The summed E-state index contributed by atoms with van der Waals surface area (Å²) >= 11 is 0. The molecule has 1 saturated heterocycles. The number of hydrogen-bond donors (Lipinski definition) is 2. The predicted octanol–water partition coefficient (Wildman–Crippen LogP) is 4.48. The van der Waals surface area contributed by atoms with E-state index in [1.54, 1.807) is 56.8 Å².